The fourth-order valence-corrected chi connectivity index (χ4v) is 1.50. The highest BCUT2D eigenvalue weighted by Crippen LogP contribution is 2.06. The maximum Gasteiger partial charge on any atom is 0.339 e. The van der Waals surface area contributed by atoms with E-state index < -0.39 is 5.97 Å². The van der Waals surface area contributed by atoms with Crippen LogP contribution in [0.4, 0.5) is 5.69 Å². The van der Waals surface area contributed by atoms with Crippen molar-refractivity contribution >= 4 is 11.7 Å². The summed E-state index contributed by atoms with van der Waals surface area (Å²) in [7, 11) is 1.33. The first-order valence-corrected chi connectivity index (χ1v) is 5.60. The van der Waals surface area contributed by atoms with Gasteiger partial charge in [-0.2, -0.15) is 0 Å². The van der Waals surface area contributed by atoms with Crippen LogP contribution in [0.2, 0.25) is 0 Å². The molecule has 0 unspecified atom stereocenters. The van der Waals surface area contributed by atoms with E-state index in [1.54, 1.807) is 24.4 Å². The van der Waals surface area contributed by atoms with E-state index in [9.17, 15) is 4.79 Å². The summed E-state index contributed by atoms with van der Waals surface area (Å²) in [6.07, 6.45) is 3.03. The Kier molecular flexibility index (Phi) is 3.79. The van der Waals surface area contributed by atoms with Gasteiger partial charge in [-0.3, -0.25) is 4.98 Å². The number of nitrogens with two attached hydrogens (primary N) is 1. The van der Waals surface area contributed by atoms with Gasteiger partial charge in [0.05, 0.1) is 12.7 Å². The van der Waals surface area contributed by atoms with Crippen molar-refractivity contribution in [2.75, 3.05) is 12.8 Å². The van der Waals surface area contributed by atoms with Crippen LogP contribution in [-0.2, 0) is 4.74 Å². The molecule has 4 nitrogen and oxygen atoms in total. The van der Waals surface area contributed by atoms with Crippen LogP contribution in [0.15, 0.2) is 42.7 Å². The van der Waals surface area contributed by atoms with Gasteiger partial charge >= 0.3 is 5.97 Å². The number of aromatic nitrogens is 1. The van der Waals surface area contributed by atoms with Crippen LogP contribution < -0.4 is 5.73 Å². The van der Waals surface area contributed by atoms with Crippen LogP contribution in [0.1, 0.15) is 21.5 Å². The predicted octanol–water partition coefficient (Wildman–Crippen LogP) is 1.85. The molecule has 1 aromatic heterocycles. The molecular formula is C15H12N2O2. The summed E-state index contributed by atoms with van der Waals surface area (Å²) in [5.41, 5.74) is 8.16. The number of rotatable bonds is 1. The van der Waals surface area contributed by atoms with Gasteiger partial charge in [0.2, 0.25) is 0 Å². The third kappa shape index (κ3) is 3.33. The van der Waals surface area contributed by atoms with E-state index in [1.165, 1.54) is 13.3 Å². The van der Waals surface area contributed by atoms with Crippen molar-refractivity contribution in [2.45, 2.75) is 0 Å². The van der Waals surface area contributed by atoms with Crippen molar-refractivity contribution in [3.05, 3.63) is 59.4 Å². The Morgan fingerprint density at radius 1 is 1.21 bits per heavy atom. The number of carbonyl (C=O) groups excluding carboxylic acids is 1. The van der Waals surface area contributed by atoms with Gasteiger partial charge in [0.15, 0.2) is 0 Å². The van der Waals surface area contributed by atoms with E-state index in [1.807, 2.05) is 12.1 Å². The fourth-order valence-electron chi connectivity index (χ4n) is 1.50. The summed E-state index contributed by atoms with van der Waals surface area (Å²) >= 11 is 0. The van der Waals surface area contributed by atoms with Crippen LogP contribution >= 0.6 is 0 Å². The standard InChI is InChI=1S/C15H12N2O2/c1-19-15(18)13-7-12(9-17-10-13)6-5-11-3-2-4-14(16)8-11/h2-4,7-10H,16H2,1H3. The third-order valence-electron chi connectivity index (χ3n) is 2.40. The van der Waals surface area contributed by atoms with Crippen molar-refractivity contribution in [1.82, 2.24) is 4.98 Å². The van der Waals surface area contributed by atoms with E-state index >= 15 is 0 Å². The molecule has 0 spiro atoms. The van der Waals surface area contributed by atoms with Gasteiger partial charge in [0, 0.05) is 29.2 Å². The lowest BCUT2D eigenvalue weighted by atomic mass is 10.1. The molecule has 0 fully saturated rings. The van der Waals surface area contributed by atoms with Gasteiger partial charge in [0.1, 0.15) is 0 Å². The molecule has 1 heterocycles. The Labute approximate surface area is 111 Å². The lowest BCUT2D eigenvalue weighted by Crippen LogP contribution is -2.01. The van der Waals surface area contributed by atoms with E-state index in [4.69, 9.17) is 5.73 Å². The second-order valence-corrected chi connectivity index (χ2v) is 3.83. The number of pyridine rings is 1. The number of anilines is 1. The molecule has 2 aromatic rings. The van der Waals surface area contributed by atoms with Crippen molar-refractivity contribution in [3.63, 3.8) is 0 Å². The first-order chi connectivity index (χ1) is 9.19. The average molecular weight is 252 g/mol. The minimum Gasteiger partial charge on any atom is -0.465 e. The van der Waals surface area contributed by atoms with Gasteiger partial charge in [-0.25, -0.2) is 4.79 Å². The van der Waals surface area contributed by atoms with Crippen molar-refractivity contribution in [1.29, 1.82) is 0 Å². The zero-order valence-electron chi connectivity index (χ0n) is 10.4. The molecule has 4 heteroatoms. The molecule has 0 aliphatic rings. The Morgan fingerprint density at radius 2 is 2.00 bits per heavy atom. The molecule has 2 N–H and O–H groups in total. The minimum absolute atomic E-state index is 0.377. The van der Waals surface area contributed by atoms with E-state index in [-0.39, 0.29) is 0 Å². The minimum atomic E-state index is -0.430. The Bertz CT molecular complexity index is 669. The van der Waals surface area contributed by atoms with Crippen LogP contribution in [0.25, 0.3) is 0 Å². The summed E-state index contributed by atoms with van der Waals surface area (Å²) in [6.45, 7) is 0. The number of hydrogen-bond acceptors (Lipinski definition) is 4. The predicted molar refractivity (Wildman–Crippen MR) is 72.4 cm³/mol. The molecule has 94 valence electrons. The van der Waals surface area contributed by atoms with Crippen molar-refractivity contribution in [3.8, 4) is 11.8 Å². The van der Waals surface area contributed by atoms with Gasteiger partial charge in [-0.15, -0.1) is 0 Å². The number of esters is 1. The largest absolute Gasteiger partial charge is 0.465 e. The second kappa shape index (κ2) is 5.69. The molecule has 0 saturated heterocycles. The summed E-state index contributed by atoms with van der Waals surface area (Å²) in [4.78, 5) is 15.3. The van der Waals surface area contributed by atoms with Crippen LogP contribution in [-0.4, -0.2) is 18.1 Å². The molecule has 0 amide bonds. The molecule has 0 aliphatic carbocycles. The number of nitrogen functional groups attached to an aromatic ring is 1. The topological polar surface area (TPSA) is 65.2 Å². The molecule has 0 atom stereocenters. The number of ether oxygens (including phenoxy) is 1. The lowest BCUT2D eigenvalue weighted by molar-refractivity contribution is 0.0600. The first-order valence-electron chi connectivity index (χ1n) is 5.60. The Hall–Kier alpha value is -2.80. The first kappa shape index (κ1) is 12.7. The van der Waals surface area contributed by atoms with Crippen LogP contribution in [0, 0.1) is 11.8 Å². The van der Waals surface area contributed by atoms with Crippen molar-refractivity contribution in [2.24, 2.45) is 0 Å². The zero-order valence-corrected chi connectivity index (χ0v) is 10.4. The second-order valence-electron chi connectivity index (χ2n) is 3.83. The van der Waals surface area contributed by atoms with Gasteiger partial charge < -0.3 is 10.5 Å². The molecule has 19 heavy (non-hydrogen) atoms. The van der Waals surface area contributed by atoms with E-state index in [0.717, 1.165) is 5.56 Å². The monoisotopic (exact) mass is 252 g/mol. The quantitative estimate of drug-likeness (QED) is 0.478. The number of methoxy groups -OCH3 is 1. The average Bonchev–Trinajstić information content (AvgIpc) is 2.45. The summed E-state index contributed by atoms with van der Waals surface area (Å²) in [5.74, 6) is 5.47. The SMILES string of the molecule is COC(=O)c1cncc(C#Cc2cccc(N)c2)c1. The molecule has 0 aliphatic heterocycles. The molecule has 0 radical (unpaired) electrons. The number of hydrogen-bond donors (Lipinski definition) is 1. The molecule has 0 saturated carbocycles. The molecule has 2 rings (SSSR count). The summed E-state index contributed by atoms with van der Waals surface area (Å²) in [6, 6.07) is 8.91. The van der Waals surface area contributed by atoms with E-state index in [0.29, 0.717) is 16.8 Å². The summed E-state index contributed by atoms with van der Waals surface area (Å²) in [5, 5.41) is 0. The summed E-state index contributed by atoms with van der Waals surface area (Å²) < 4.78 is 4.63. The van der Waals surface area contributed by atoms with Gasteiger partial charge in [-0.05, 0) is 24.3 Å². The van der Waals surface area contributed by atoms with Crippen LogP contribution in [0.3, 0.4) is 0 Å². The Balaban J connectivity index is 2.27. The number of carbonyl (C=O) groups is 1. The fraction of sp³-hybridized carbons (Fsp3) is 0.0667. The maximum absolute atomic E-state index is 11.4. The molecule has 1 aromatic carbocycles. The number of benzene rings is 1. The van der Waals surface area contributed by atoms with Gasteiger partial charge in [0.25, 0.3) is 0 Å². The van der Waals surface area contributed by atoms with Crippen LogP contribution in [0.5, 0.6) is 0 Å². The molecule has 0 bridgehead atoms. The van der Waals surface area contributed by atoms with Gasteiger partial charge in [-0.1, -0.05) is 17.9 Å². The number of nitrogens with zero attached hydrogens (tertiary/aromatic N) is 1. The normalized spacial score (nSPS) is 9.32. The highest BCUT2D eigenvalue weighted by molar-refractivity contribution is 5.89. The highest BCUT2D eigenvalue weighted by atomic mass is 16.5. The lowest BCUT2D eigenvalue weighted by Gasteiger charge is -1.98. The van der Waals surface area contributed by atoms with Crippen molar-refractivity contribution < 1.29 is 9.53 Å². The third-order valence-corrected chi connectivity index (χ3v) is 2.40. The highest BCUT2D eigenvalue weighted by Gasteiger charge is 2.05. The smallest absolute Gasteiger partial charge is 0.339 e. The van der Waals surface area contributed by atoms with E-state index in [2.05, 4.69) is 21.6 Å². The maximum atomic E-state index is 11.4. The zero-order chi connectivity index (χ0) is 13.7. The molecular weight excluding hydrogens is 240 g/mol. The Morgan fingerprint density at radius 3 is 2.74 bits per heavy atom.